The van der Waals surface area contributed by atoms with E-state index in [2.05, 4.69) is 48.6 Å². The zero-order valence-corrected chi connectivity index (χ0v) is 7.33. The normalized spacial score (nSPS) is 16.0. The van der Waals surface area contributed by atoms with E-state index in [1.165, 1.54) is 21.6 Å². The van der Waals surface area contributed by atoms with Crippen LogP contribution in [0.25, 0.3) is 24.3 Å². The van der Waals surface area contributed by atoms with Gasteiger partial charge >= 0.3 is 0 Å². The highest BCUT2D eigenvalue weighted by molar-refractivity contribution is 5.75. The van der Waals surface area contributed by atoms with E-state index in [0.717, 1.165) is 6.42 Å². The molecule has 0 heterocycles. The summed E-state index contributed by atoms with van der Waals surface area (Å²) in [6.07, 6.45) is 14.3. The average Bonchev–Trinajstić information content (AvgIpc) is 2.65. The average molecular weight is 166 g/mol. The molecule has 0 N–H and O–H groups in total. The highest BCUT2D eigenvalue weighted by atomic mass is 14.1. The standard InChI is InChI=1S/C13H10/c1-2-6-12-10(4-1)8-9-11-5-3-7-13(11)12/h2-9H,1H2. The van der Waals surface area contributed by atoms with Crippen LogP contribution in [0.1, 0.15) is 17.5 Å². The van der Waals surface area contributed by atoms with Gasteiger partial charge in [-0.25, -0.2) is 0 Å². The van der Waals surface area contributed by atoms with E-state index in [1.807, 2.05) is 0 Å². The summed E-state index contributed by atoms with van der Waals surface area (Å²) in [4.78, 5) is 0. The molecule has 0 aliphatic heterocycles. The van der Waals surface area contributed by atoms with Crippen molar-refractivity contribution in [1.29, 1.82) is 0 Å². The molecule has 0 saturated heterocycles. The van der Waals surface area contributed by atoms with Crippen molar-refractivity contribution in [2.24, 2.45) is 0 Å². The molecule has 1 aromatic rings. The smallest absolute Gasteiger partial charge is 0.0106 e. The lowest BCUT2D eigenvalue weighted by molar-refractivity contribution is 1.39. The molecule has 2 aliphatic rings. The van der Waals surface area contributed by atoms with Gasteiger partial charge < -0.3 is 0 Å². The molecule has 3 rings (SSSR count). The fourth-order valence-electron chi connectivity index (χ4n) is 1.99. The Hall–Kier alpha value is -1.56. The first-order chi connectivity index (χ1) is 6.45. The summed E-state index contributed by atoms with van der Waals surface area (Å²) >= 11 is 0. The first-order valence-corrected chi connectivity index (χ1v) is 4.63. The van der Waals surface area contributed by atoms with Gasteiger partial charge in [0, 0.05) is 0 Å². The van der Waals surface area contributed by atoms with Crippen molar-refractivity contribution in [3.63, 3.8) is 0 Å². The van der Waals surface area contributed by atoms with E-state index < -0.39 is 0 Å². The summed E-state index contributed by atoms with van der Waals surface area (Å²) < 4.78 is 0. The van der Waals surface area contributed by atoms with Gasteiger partial charge in [0.15, 0.2) is 0 Å². The second kappa shape index (κ2) is 2.46. The highest BCUT2D eigenvalue weighted by Gasteiger charge is 2.04. The molecular weight excluding hydrogens is 156 g/mol. The van der Waals surface area contributed by atoms with E-state index in [1.54, 1.807) is 0 Å². The van der Waals surface area contributed by atoms with Crippen LogP contribution < -0.4 is 10.4 Å². The summed E-state index contributed by atoms with van der Waals surface area (Å²) in [6.45, 7) is 0. The topological polar surface area (TPSA) is 0 Å². The Labute approximate surface area is 77.2 Å². The minimum Gasteiger partial charge on any atom is -0.0801 e. The van der Waals surface area contributed by atoms with Crippen molar-refractivity contribution in [2.45, 2.75) is 6.42 Å². The van der Waals surface area contributed by atoms with Crippen LogP contribution in [-0.2, 0) is 0 Å². The summed E-state index contributed by atoms with van der Waals surface area (Å²) in [6, 6.07) is 4.41. The van der Waals surface area contributed by atoms with Gasteiger partial charge in [0.05, 0.1) is 0 Å². The zero-order valence-electron chi connectivity index (χ0n) is 7.33. The van der Waals surface area contributed by atoms with Gasteiger partial charge in [-0.2, -0.15) is 0 Å². The van der Waals surface area contributed by atoms with E-state index in [0.29, 0.717) is 0 Å². The maximum absolute atomic E-state index is 2.28. The molecule has 0 spiro atoms. The lowest BCUT2D eigenvalue weighted by atomic mass is 9.99. The number of allylic oxidation sites excluding steroid dienone is 2. The van der Waals surface area contributed by atoms with Crippen molar-refractivity contribution in [3.8, 4) is 0 Å². The van der Waals surface area contributed by atoms with Gasteiger partial charge in [0.25, 0.3) is 0 Å². The fourth-order valence-corrected chi connectivity index (χ4v) is 1.99. The molecule has 0 unspecified atom stereocenters. The largest absolute Gasteiger partial charge is 0.0801 e. The van der Waals surface area contributed by atoms with Crippen molar-refractivity contribution < 1.29 is 0 Å². The molecule has 0 aromatic heterocycles. The van der Waals surface area contributed by atoms with Crippen molar-refractivity contribution in [2.75, 3.05) is 0 Å². The summed E-state index contributed by atoms with van der Waals surface area (Å²) in [5.41, 5.74) is 2.76. The molecule has 0 atom stereocenters. The van der Waals surface area contributed by atoms with E-state index in [4.69, 9.17) is 0 Å². The van der Waals surface area contributed by atoms with Gasteiger partial charge in [-0.05, 0) is 28.0 Å². The third-order valence-corrected chi connectivity index (χ3v) is 2.65. The van der Waals surface area contributed by atoms with Gasteiger partial charge in [0.2, 0.25) is 0 Å². The van der Waals surface area contributed by atoms with Crippen LogP contribution in [0.2, 0.25) is 0 Å². The number of fused-ring (bicyclic) bond motifs is 3. The van der Waals surface area contributed by atoms with E-state index in [-0.39, 0.29) is 0 Å². The van der Waals surface area contributed by atoms with E-state index >= 15 is 0 Å². The van der Waals surface area contributed by atoms with Gasteiger partial charge in [-0.15, -0.1) is 0 Å². The Bertz CT molecular complexity index is 528. The first-order valence-electron chi connectivity index (χ1n) is 4.63. The molecule has 0 radical (unpaired) electrons. The molecule has 1 aromatic carbocycles. The maximum Gasteiger partial charge on any atom is -0.0106 e. The van der Waals surface area contributed by atoms with Gasteiger partial charge in [-0.3, -0.25) is 0 Å². The molecule has 0 bridgehead atoms. The van der Waals surface area contributed by atoms with Crippen molar-refractivity contribution in [1.82, 2.24) is 0 Å². The summed E-state index contributed by atoms with van der Waals surface area (Å²) in [7, 11) is 0. The SMILES string of the molecule is C1=Cc2c3c(ccc2=C1)=CCC=C3. The second-order valence-electron chi connectivity index (χ2n) is 3.44. The lowest BCUT2D eigenvalue weighted by Gasteiger charge is -2.05. The van der Waals surface area contributed by atoms with Crippen LogP contribution >= 0.6 is 0 Å². The molecule has 0 fully saturated rings. The predicted octanol–water partition coefficient (Wildman–Crippen LogP) is 1.69. The van der Waals surface area contributed by atoms with Crippen LogP contribution in [0.4, 0.5) is 0 Å². The summed E-state index contributed by atoms with van der Waals surface area (Å²) in [5.74, 6) is 0. The Morgan fingerprint density at radius 3 is 2.77 bits per heavy atom. The van der Waals surface area contributed by atoms with Crippen LogP contribution in [0.3, 0.4) is 0 Å². The second-order valence-corrected chi connectivity index (χ2v) is 3.44. The molecule has 13 heavy (non-hydrogen) atoms. The Balaban J connectivity index is 2.50. The van der Waals surface area contributed by atoms with Crippen LogP contribution in [-0.4, -0.2) is 0 Å². The molecule has 0 saturated carbocycles. The zero-order chi connectivity index (χ0) is 8.67. The number of hydrogen-bond donors (Lipinski definition) is 0. The fraction of sp³-hybridized carbons (Fsp3) is 0.0769. The third-order valence-electron chi connectivity index (χ3n) is 2.65. The molecular formula is C13H10. The van der Waals surface area contributed by atoms with Crippen LogP contribution in [0.5, 0.6) is 0 Å². The monoisotopic (exact) mass is 166 g/mol. The predicted molar refractivity (Wildman–Crippen MR) is 57.3 cm³/mol. The number of rotatable bonds is 0. The van der Waals surface area contributed by atoms with Crippen molar-refractivity contribution >= 4 is 24.3 Å². The van der Waals surface area contributed by atoms with Crippen LogP contribution in [0.15, 0.2) is 24.3 Å². The Morgan fingerprint density at radius 2 is 1.77 bits per heavy atom. The van der Waals surface area contributed by atoms with Gasteiger partial charge in [0.1, 0.15) is 0 Å². The molecule has 0 heteroatoms. The molecule has 0 amide bonds. The third kappa shape index (κ3) is 0.919. The lowest BCUT2D eigenvalue weighted by Crippen LogP contribution is -2.16. The molecule has 0 nitrogen and oxygen atoms in total. The van der Waals surface area contributed by atoms with E-state index in [9.17, 15) is 0 Å². The highest BCUT2D eigenvalue weighted by Crippen LogP contribution is 2.11. The molecule has 2 aliphatic carbocycles. The minimum absolute atomic E-state index is 1.07. The Morgan fingerprint density at radius 1 is 0.923 bits per heavy atom. The molecule has 62 valence electrons. The minimum atomic E-state index is 1.07. The van der Waals surface area contributed by atoms with Gasteiger partial charge in [-0.1, -0.05) is 48.6 Å². The maximum atomic E-state index is 2.28. The number of benzene rings is 1. The first kappa shape index (κ1) is 6.90. The Kier molecular flexibility index (Phi) is 1.31. The van der Waals surface area contributed by atoms with Crippen LogP contribution in [0, 0.1) is 0 Å². The number of hydrogen-bond acceptors (Lipinski definition) is 0. The van der Waals surface area contributed by atoms with Crippen molar-refractivity contribution in [3.05, 3.63) is 45.8 Å². The summed E-state index contributed by atoms with van der Waals surface area (Å²) in [5, 5.41) is 2.72. The quantitative estimate of drug-likeness (QED) is 0.550.